The molecule has 5 heteroatoms. The molecule has 0 aliphatic carbocycles. The van der Waals surface area contributed by atoms with Crippen molar-refractivity contribution in [2.45, 2.75) is 13.0 Å². The van der Waals surface area contributed by atoms with Crippen LogP contribution in [0.2, 0.25) is 0 Å². The molecule has 0 fully saturated rings. The summed E-state index contributed by atoms with van der Waals surface area (Å²) < 4.78 is 0.812. The van der Waals surface area contributed by atoms with Gasteiger partial charge in [-0.2, -0.15) is 0 Å². The van der Waals surface area contributed by atoms with Gasteiger partial charge < -0.3 is 11.1 Å². The van der Waals surface area contributed by atoms with Crippen molar-refractivity contribution in [3.63, 3.8) is 0 Å². The summed E-state index contributed by atoms with van der Waals surface area (Å²) in [5.74, 6) is -0.292. The normalized spacial score (nSPS) is 10.1. The van der Waals surface area contributed by atoms with E-state index in [1.54, 1.807) is 0 Å². The maximum absolute atomic E-state index is 10.4. The number of hydrogen-bond acceptors (Lipinski definition) is 3. The van der Waals surface area contributed by atoms with Crippen LogP contribution in [0.1, 0.15) is 12.1 Å². The highest BCUT2D eigenvalue weighted by Gasteiger charge is 1.96. The first-order chi connectivity index (χ1) is 6.68. The van der Waals surface area contributed by atoms with Crippen LogP contribution in [-0.4, -0.2) is 17.4 Å². The average Bonchev–Trinajstić information content (AvgIpc) is 2.12. The fourth-order valence-electron chi connectivity index (χ4n) is 0.977. The first-order valence-corrected chi connectivity index (χ1v) is 5.08. The molecule has 0 aliphatic rings. The van der Waals surface area contributed by atoms with Gasteiger partial charge in [-0.05, 0) is 28.1 Å². The Morgan fingerprint density at radius 3 is 3.00 bits per heavy atom. The first kappa shape index (κ1) is 11.1. The van der Waals surface area contributed by atoms with Crippen LogP contribution in [-0.2, 0) is 11.3 Å². The summed E-state index contributed by atoms with van der Waals surface area (Å²) in [6.07, 6.45) is 0.355. The molecule has 1 aromatic rings. The quantitative estimate of drug-likeness (QED) is 0.606. The van der Waals surface area contributed by atoms with Gasteiger partial charge in [-0.3, -0.25) is 4.79 Å². The highest BCUT2D eigenvalue weighted by atomic mass is 79.9. The fraction of sp³-hybridized carbons (Fsp3) is 0.333. The molecule has 3 N–H and O–H groups in total. The largest absolute Gasteiger partial charge is 0.370 e. The lowest BCUT2D eigenvalue weighted by molar-refractivity contribution is -0.117. The van der Waals surface area contributed by atoms with Crippen molar-refractivity contribution >= 4 is 21.8 Å². The lowest BCUT2D eigenvalue weighted by Gasteiger charge is -2.02. The van der Waals surface area contributed by atoms with Crippen LogP contribution in [0.3, 0.4) is 0 Å². The van der Waals surface area contributed by atoms with Gasteiger partial charge in [-0.1, -0.05) is 6.07 Å². The van der Waals surface area contributed by atoms with Crippen LogP contribution < -0.4 is 11.1 Å². The van der Waals surface area contributed by atoms with Crippen LogP contribution >= 0.6 is 15.9 Å². The van der Waals surface area contributed by atoms with E-state index >= 15 is 0 Å². The van der Waals surface area contributed by atoms with Crippen molar-refractivity contribution < 1.29 is 4.79 Å². The van der Waals surface area contributed by atoms with Crippen molar-refractivity contribution in [1.29, 1.82) is 0 Å². The molecule has 1 heterocycles. The average molecular weight is 258 g/mol. The van der Waals surface area contributed by atoms with E-state index in [9.17, 15) is 4.79 Å². The second kappa shape index (κ2) is 5.72. The Bertz CT molecular complexity index is 317. The maximum Gasteiger partial charge on any atom is 0.218 e. The Labute approximate surface area is 91.0 Å². The molecule has 1 aromatic heterocycles. The van der Waals surface area contributed by atoms with Crippen LogP contribution in [0.4, 0.5) is 0 Å². The number of carbonyl (C=O) groups is 1. The van der Waals surface area contributed by atoms with Gasteiger partial charge in [-0.15, -0.1) is 0 Å². The third kappa shape index (κ3) is 4.34. The smallest absolute Gasteiger partial charge is 0.218 e. The van der Waals surface area contributed by atoms with E-state index in [0.717, 1.165) is 10.3 Å². The molecule has 0 unspecified atom stereocenters. The molecule has 76 valence electrons. The fourth-order valence-corrected chi connectivity index (χ4v) is 1.36. The lowest BCUT2D eigenvalue weighted by atomic mass is 10.3. The summed E-state index contributed by atoms with van der Waals surface area (Å²) in [7, 11) is 0. The number of halogens is 1. The summed E-state index contributed by atoms with van der Waals surface area (Å²) in [4.78, 5) is 14.7. The summed E-state index contributed by atoms with van der Waals surface area (Å²) >= 11 is 3.28. The number of nitrogens with one attached hydrogen (secondary N) is 1. The molecule has 0 saturated carbocycles. The Morgan fingerprint density at radius 2 is 2.36 bits per heavy atom. The Hall–Kier alpha value is -0.940. The van der Waals surface area contributed by atoms with E-state index in [1.165, 1.54) is 0 Å². The zero-order valence-electron chi connectivity index (χ0n) is 7.66. The number of amides is 1. The number of nitrogens with zero attached hydrogens (tertiary/aromatic N) is 1. The van der Waals surface area contributed by atoms with Gasteiger partial charge in [0, 0.05) is 19.5 Å². The van der Waals surface area contributed by atoms with E-state index in [-0.39, 0.29) is 5.91 Å². The predicted molar refractivity (Wildman–Crippen MR) is 57.5 cm³/mol. The summed E-state index contributed by atoms with van der Waals surface area (Å²) in [5, 5.41) is 3.08. The monoisotopic (exact) mass is 257 g/mol. The third-order valence-electron chi connectivity index (χ3n) is 1.63. The zero-order valence-corrected chi connectivity index (χ0v) is 9.25. The maximum atomic E-state index is 10.4. The minimum atomic E-state index is -0.292. The highest BCUT2D eigenvalue weighted by molar-refractivity contribution is 9.10. The van der Waals surface area contributed by atoms with Gasteiger partial charge in [0.25, 0.3) is 0 Å². The molecule has 14 heavy (non-hydrogen) atoms. The number of pyridine rings is 1. The standard InChI is InChI=1S/C9H12BrN3O/c10-8-3-1-2-7(13-8)6-12-5-4-9(11)14/h1-3,12H,4-6H2,(H2,11,14). The topological polar surface area (TPSA) is 68.0 Å². The third-order valence-corrected chi connectivity index (χ3v) is 2.07. The number of aromatic nitrogens is 1. The second-order valence-electron chi connectivity index (χ2n) is 2.84. The van der Waals surface area contributed by atoms with E-state index in [4.69, 9.17) is 5.73 Å². The van der Waals surface area contributed by atoms with E-state index < -0.39 is 0 Å². The molecule has 1 amide bonds. The van der Waals surface area contributed by atoms with Crippen molar-refractivity contribution in [3.8, 4) is 0 Å². The molecule has 0 aromatic carbocycles. The van der Waals surface area contributed by atoms with Gasteiger partial charge in [0.15, 0.2) is 0 Å². The van der Waals surface area contributed by atoms with Gasteiger partial charge in [0.1, 0.15) is 4.60 Å². The highest BCUT2D eigenvalue weighted by Crippen LogP contribution is 2.05. The van der Waals surface area contributed by atoms with Gasteiger partial charge in [0.05, 0.1) is 5.69 Å². The number of carbonyl (C=O) groups excluding carboxylic acids is 1. The Morgan fingerprint density at radius 1 is 1.57 bits per heavy atom. The summed E-state index contributed by atoms with van der Waals surface area (Å²) in [5.41, 5.74) is 5.93. The van der Waals surface area contributed by atoms with Crippen LogP contribution in [0.5, 0.6) is 0 Å². The molecule has 0 spiro atoms. The van der Waals surface area contributed by atoms with Gasteiger partial charge in [0.2, 0.25) is 5.91 Å². The molecule has 0 aliphatic heterocycles. The number of hydrogen-bond donors (Lipinski definition) is 2. The number of primary amides is 1. The van der Waals surface area contributed by atoms with Crippen molar-refractivity contribution in [1.82, 2.24) is 10.3 Å². The molecular weight excluding hydrogens is 246 g/mol. The van der Waals surface area contributed by atoms with Gasteiger partial charge >= 0.3 is 0 Å². The van der Waals surface area contributed by atoms with E-state index in [2.05, 4.69) is 26.2 Å². The lowest BCUT2D eigenvalue weighted by Crippen LogP contribution is -2.21. The van der Waals surface area contributed by atoms with Crippen molar-refractivity contribution in [2.75, 3.05) is 6.54 Å². The molecule has 0 bridgehead atoms. The molecular formula is C9H12BrN3O. The van der Waals surface area contributed by atoms with Gasteiger partial charge in [-0.25, -0.2) is 4.98 Å². The van der Waals surface area contributed by atoms with Crippen molar-refractivity contribution in [2.24, 2.45) is 5.73 Å². The second-order valence-corrected chi connectivity index (χ2v) is 3.66. The zero-order chi connectivity index (χ0) is 10.4. The van der Waals surface area contributed by atoms with E-state index in [1.807, 2.05) is 18.2 Å². The van der Waals surface area contributed by atoms with Crippen LogP contribution in [0.15, 0.2) is 22.8 Å². The minimum Gasteiger partial charge on any atom is -0.370 e. The van der Waals surface area contributed by atoms with E-state index in [0.29, 0.717) is 19.5 Å². The summed E-state index contributed by atoms with van der Waals surface area (Å²) in [6, 6.07) is 5.71. The number of nitrogens with two attached hydrogens (primary N) is 1. The molecule has 0 radical (unpaired) electrons. The van der Waals surface area contributed by atoms with Crippen molar-refractivity contribution in [3.05, 3.63) is 28.5 Å². The minimum absolute atomic E-state index is 0.292. The Balaban J connectivity index is 2.28. The predicted octanol–water partition coefficient (Wildman–Crippen LogP) is 0.809. The van der Waals surface area contributed by atoms with Crippen LogP contribution in [0, 0.1) is 0 Å². The SMILES string of the molecule is NC(=O)CCNCc1cccc(Br)n1. The molecule has 0 saturated heterocycles. The molecule has 0 atom stereocenters. The first-order valence-electron chi connectivity index (χ1n) is 4.29. The Kier molecular flexibility index (Phi) is 4.55. The van der Waals surface area contributed by atoms with Crippen LogP contribution in [0.25, 0.3) is 0 Å². The summed E-state index contributed by atoms with van der Waals surface area (Å²) in [6.45, 7) is 1.23. The molecule has 4 nitrogen and oxygen atoms in total. The number of rotatable bonds is 5. The molecule has 1 rings (SSSR count).